The summed E-state index contributed by atoms with van der Waals surface area (Å²) in [7, 11) is 0. The third-order valence-corrected chi connectivity index (χ3v) is 2.75. The summed E-state index contributed by atoms with van der Waals surface area (Å²) >= 11 is 0. The van der Waals surface area contributed by atoms with Crippen molar-refractivity contribution in [1.82, 2.24) is 9.97 Å². The number of pyridine rings is 2. The fourth-order valence-electron chi connectivity index (χ4n) is 1.65. The number of nitro groups is 1. The zero-order valence-corrected chi connectivity index (χ0v) is 11.1. The molecule has 0 amide bonds. The molecule has 0 fully saturated rings. The lowest BCUT2D eigenvalue weighted by Gasteiger charge is -2.08. The predicted octanol–water partition coefficient (Wildman–Crippen LogP) is 2.00. The number of anilines is 1. The normalized spacial score (nSPS) is 10.1. The molecule has 0 saturated carbocycles. The molecule has 21 heavy (non-hydrogen) atoms. The molecule has 2 aromatic heterocycles. The number of aromatic nitrogens is 2. The van der Waals surface area contributed by atoms with E-state index in [2.05, 4.69) is 15.3 Å². The number of carboxylic acid groups (broad SMARTS) is 1. The number of carboxylic acids is 1. The number of aryl methyl sites for hydroxylation is 1. The largest absolute Gasteiger partial charge is 0.478 e. The Labute approximate surface area is 119 Å². The van der Waals surface area contributed by atoms with Crippen LogP contribution in [0.5, 0.6) is 0 Å². The molecule has 0 aliphatic heterocycles. The van der Waals surface area contributed by atoms with Gasteiger partial charge in [0, 0.05) is 24.5 Å². The molecule has 2 N–H and O–H groups in total. The first-order valence-corrected chi connectivity index (χ1v) is 6.00. The summed E-state index contributed by atoms with van der Waals surface area (Å²) in [5.74, 6) is -1.20. The van der Waals surface area contributed by atoms with E-state index >= 15 is 0 Å². The molecule has 2 aromatic rings. The fraction of sp³-hybridized carbons (Fsp3) is 0.154. The van der Waals surface area contributed by atoms with Crippen molar-refractivity contribution in [2.75, 3.05) is 5.32 Å². The summed E-state index contributed by atoms with van der Waals surface area (Å²) < 4.78 is 0. The van der Waals surface area contributed by atoms with Gasteiger partial charge in [0.1, 0.15) is 17.6 Å². The number of nitrogens with zero attached hydrogens (tertiary/aromatic N) is 3. The third kappa shape index (κ3) is 3.50. The lowest BCUT2D eigenvalue weighted by Crippen LogP contribution is -2.09. The van der Waals surface area contributed by atoms with E-state index in [0.29, 0.717) is 6.54 Å². The molecule has 0 bridgehead atoms. The van der Waals surface area contributed by atoms with Crippen LogP contribution in [0.15, 0.2) is 30.6 Å². The van der Waals surface area contributed by atoms with Crippen molar-refractivity contribution in [2.24, 2.45) is 0 Å². The highest BCUT2D eigenvalue weighted by Gasteiger charge is 2.17. The van der Waals surface area contributed by atoms with Gasteiger partial charge in [0.25, 0.3) is 5.69 Å². The van der Waals surface area contributed by atoms with Crippen molar-refractivity contribution in [1.29, 1.82) is 0 Å². The molecule has 0 aliphatic rings. The Morgan fingerprint density at radius 2 is 2.14 bits per heavy atom. The summed E-state index contributed by atoms with van der Waals surface area (Å²) in [6.45, 7) is 2.18. The Bertz CT molecular complexity index is 685. The molecule has 0 saturated heterocycles. The van der Waals surface area contributed by atoms with Crippen LogP contribution in [0, 0.1) is 17.0 Å². The SMILES string of the molecule is Cc1ccc(CNc2ncc([N+](=O)[O-])cc2C(=O)O)cn1. The smallest absolute Gasteiger partial charge is 0.339 e. The second-order valence-corrected chi connectivity index (χ2v) is 4.31. The van der Waals surface area contributed by atoms with Crippen LogP contribution in [0.25, 0.3) is 0 Å². The van der Waals surface area contributed by atoms with E-state index < -0.39 is 10.9 Å². The van der Waals surface area contributed by atoms with Gasteiger partial charge in [-0.05, 0) is 18.6 Å². The van der Waals surface area contributed by atoms with Crippen LogP contribution in [0.1, 0.15) is 21.6 Å². The quantitative estimate of drug-likeness (QED) is 0.638. The van der Waals surface area contributed by atoms with Crippen molar-refractivity contribution in [2.45, 2.75) is 13.5 Å². The molecule has 0 radical (unpaired) electrons. The minimum atomic E-state index is -1.28. The lowest BCUT2D eigenvalue weighted by molar-refractivity contribution is -0.385. The first kappa shape index (κ1) is 14.4. The Morgan fingerprint density at radius 3 is 2.71 bits per heavy atom. The average molecular weight is 288 g/mol. The highest BCUT2D eigenvalue weighted by atomic mass is 16.6. The van der Waals surface area contributed by atoms with Crippen LogP contribution in [-0.2, 0) is 6.54 Å². The van der Waals surface area contributed by atoms with E-state index in [-0.39, 0.29) is 17.1 Å². The fourth-order valence-corrected chi connectivity index (χ4v) is 1.65. The Balaban J connectivity index is 2.21. The maximum atomic E-state index is 11.1. The summed E-state index contributed by atoms with van der Waals surface area (Å²) in [5, 5.41) is 22.6. The van der Waals surface area contributed by atoms with Gasteiger partial charge < -0.3 is 10.4 Å². The Hall–Kier alpha value is -3.03. The van der Waals surface area contributed by atoms with Gasteiger partial charge in [-0.2, -0.15) is 0 Å². The van der Waals surface area contributed by atoms with E-state index in [0.717, 1.165) is 23.5 Å². The topological polar surface area (TPSA) is 118 Å². The van der Waals surface area contributed by atoms with Gasteiger partial charge in [0.15, 0.2) is 0 Å². The average Bonchev–Trinajstić information content (AvgIpc) is 2.46. The molecule has 0 unspecified atom stereocenters. The molecule has 2 heterocycles. The maximum Gasteiger partial charge on any atom is 0.339 e. The van der Waals surface area contributed by atoms with Gasteiger partial charge in [-0.3, -0.25) is 15.1 Å². The van der Waals surface area contributed by atoms with Crippen LogP contribution in [0.2, 0.25) is 0 Å². The maximum absolute atomic E-state index is 11.1. The Morgan fingerprint density at radius 1 is 1.38 bits per heavy atom. The van der Waals surface area contributed by atoms with Crippen molar-refractivity contribution >= 4 is 17.5 Å². The van der Waals surface area contributed by atoms with Gasteiger partial charge in [0.05, 0.1) is 4.92 Å². The second kappa shape index (κ2) is 5.95. The Kier molecular flexibility index (Phi) is 4.07. The number of carbonyl (C=O) groups is 1. The van der Waals surface area contributed by atoms with Crippen LogP contribution < -0.4 is 5.32 Å². The molecule has 0 aromatic carbocycles. The van der Waals surface area contributed by atoms with Gasteiger partial charge in [0.2, 0.25) is 0 Å². The highest BCUT2D eigenvalue weighted by molar-refractivity contribution is 5.93. The minimum Gasteiger partial charge on any atom is -0.478 e. The number of hydrogen-bond acceptors (Lipinski definition) is 6. The van der Waals surface area contributed by atoms with Crippen LogP contribution >= 0.6 is 0 Å². The standard InChI is InChI=1S/C13H12N4O4/c1-8-2-3-9(5-14-8)6-15-12-11(13(18)19)4-10(7-16-12)17(20)21/h2-5,7H,6H2,1H3,(H,15,16)(H,18,19). The van der Waals surface area contributed by atoms with E-state index in [9.17, 15) is 14.9 Å². The zero-order chi connectivity index (χ0) is 15.4. The predicted molar refractivity (Wildman–Crippen MR) is 74.2 cm³/mol. The van der Waals surface area contributed by atoms with Gasteiger partial charge in [-0.1, -0.05) is 6.07 Å². The van der Waals surface area contributed by atoms with Crippen molar-refractivity contribution in [3.8, 4) is 0 Å². The van der Waals surface area contributed by atoms with Crippen molar-refractivity contribution in [3.63, 3.8) is 0 Å². The molecular weight excluding hydrogens is 276 g/mol. The first-order chi connectivity index (χ1) is 9.97. The molecule has 0 atom stereocenters. The molecule has 0 aliphatic carbocycles. The first-order valence-electron chi connectivity index (χ1n) is 6.00. The van der Waals surface area contributed by atoms with Crippen LogP contribution in [0.3, 0.4) is 0 Å². The summed E-state index contributed by atoms with van der Waals surface area (Å²) in [6.07, 6.45) is 2.68. The van der Waals surface area contributed by atoms with E-state index in [4.69, 9.17) is 5.11 Å². The molecule has 0 spiro atoms. The van der Waals surface area contributed by atoms with Crippen LogP contribution in [-0.4, -0.2) is 26.0 Å². The van der Waals surface area contributed by atoms with Gasteiger partial charge in [-0.15, -0.1) is 0 Å². The van der Waals surface area contributed by atoms with Gasteiger partial charge >= 0.3 is 5.97 Å². The monoisotopic (exact) mass is 288 g/mol. The van der Waals surface area contributed by atoms with Gasteiger partial charge in [-0.25, -0.2) is 9.78 Å². The molecule has 8 heteroatoms. The number of nitrogens with one attached hydrogen (secondary N) is 1. The highest BCUT2D eigenvalue weighted by Crippen LogP contribution is 2.19. The second-order valence-electron chi connectivity index (χ2n) is 4.31. The summed E-state index contributed by atoms with van der Waals surface area (Å²) in [5.41, 5.74) is 1.11. The third-order valence-electron chi connectivity index (χ3n) is 2.75. The van der Waals surface area contributed by atoms with Crippen molar-refractivity contribution in [3.05, 3.63) is 57.5 Å². The lowest BCUT2D eigenvalue weighted by atomic mass is 10.2. The molecule has 2 rings (SSSR count). The molecule has 8 nitrogen and oxygen atoms in total. The number of rotatable bonds is 5. The van der Waals surface area contributed by atoms with E-state index in [1.807, 2.05) is 19.1 Å². The van der Waals surface area contributed by atoms with E-state index in [1.165, 1.54) is 0 Å². The minimum absolute atomic E-state index is 0.0775. The number of aromatic carboxylic acids is 1. The molecular formula is C13H12N4O4. The summed E-state index contributed by atoms with van der Waals surface area (Å²) in [4.78, 5) is 29.0. The van der Waals surface area contributed by atoms with E-state index in [1.54, 1.807) is 6.20 Å². The van der Waals surface area contributed by atoms with Crippen LogP contribution in [0.4, 0.5) is 11.5 Å². The number of hydrogen-bond donors (Lipinski definition) is 2. The molecule has 108 valence electrons. The summed E-state index contributed by atoms with van der Waals surface area (Å²) in [6, 6.07) is 4.66. The zero-order valence-electron chi connectivity index (χ0n) is 11.1. The van der Waals surface area contributed by atoms with Crippen molar-refractivity contribution < 1.29 is 14.8 Å².